The monoisotopic (exact) mass is 253 g/mol. The average molecular weight is 254 g/mol. The second-order valence-electron chi connectivity index (χ2n) is 3.75. The third-order valence-corrected chi connectivity index (χ3v) is 2.69. The molecule has 1 N–H and O–H groups in total. The van der Waals surface area contributed by atoms with Crippen molar-refractivity contribution in [2.45, 2.75) is 19.9 Å². The molecule has 1 atom stereocenters. The summed E-state index contributed by atoms with van der Waals surface area (Å²) in [5.74, 6) is 1.23. The summed E-state index contributed by atoms with van der Waals surface area (Å²) >= 11 is 5.72. The first-order chi connectivity index (χ1) is 8.08. The van der Waals surface area contributed by atoms with Gasteiger partial charge in [-0.05, 0) is 43.6 Å². The van der Waals surface area contributed by atoms with Gasteiger partial charge in [-0.1, -0.05) is 0 Å². The number of halogens is 1. The van der Waals surface area contributed by atoms with Gasteiger partial charge in [-0.25, -0.2) is 0 Å². The number of carbonyl (C=O) groups excluding carboxylic acids is 1. The molecule has 2 aromatic heterocycles. The van der Waals surface area contributed by atoms with Crippen molar-refractivity contribution in [1.82, 2.24) is 5.32 Å². The molecule has 0 bridgehead atoms. The number of hydrogen-bond donors (Lipinski definition) is 1. The first-order valence-electron chi connectivity index (χ1n) is 5.18. The van der Waals surface area contributed by atoms with Gasteiger partial charge in [0.05, 0.1) is 17.9 Å². The van der Waals surface area contributed by atoms with E-state index in [1.54, 1.807) is 0 Å². The number of aryl methyl sites for hydroxylation is 1. The molecule has 0 spiro atoms. The van der Waals surface area contributed by atoms with Crippen LogP contribution >= 0.6 is 11.6 Å². The van der Waals surface area contributed by atoms with Crippen LogP contribution in [0.1, 0.15) is 34.8 Å². The fourth-order valence-electron chi connectivity index (χ4n) is 1.49. The van der Waals surface area contributed by atoms with Crippen LogP contribution in [0.5, 0.6) is 0 Å². The predicted octanol–water partition coefficient (Wildman–Crippen LogP) is 3.33. The van der Waals surface area contributed by atoms with E-state index in [1.807, 2.05) is 26.0 Å². The summed E-state index contributed by atoms with van der Waals surface area (Å²) in [5, 5.41) is 2.86. The van der Waals surface area contributed by atoms with Crippen molar-refractivity contribution >= 4 is 17.5 Å². The van der Waals surface area contributed by atoms with Crippen molar-refractivity contribution in [2.24, 2.45) is 0 Å². The molecule has 0 radical (unpaired) electrons. The van der Waals surface area contributed by atoms with E-state index >= 15 is 0 Å². The third-order valence-electron chi connectivity index (χ3n) is 2.40. The van der Waals surface area contributed by atoms with Gasteiger partial charge < -0.3 is 14.2 Å². The van der Waals surface area contributed by atoms with Crippen LogP contribution in [-0.4, -0.2) is 5.91 Å². The highest BCUT2D eigenvalue weighted by molar-refractivity contribution is 6.32. The number of nitrogens with one attached hydrogen (secondary N) is 1. The van der Waals surface area contributed by atoms with Gasteiger partial charge in [-0.15, -0.1) is 0 Å². The van der Waals surface area contributed by atoms with Crippen molar-refractivity contribution in [3.8, 4) is 0 Å². The number of carbonyl (C=O) groups is 1. The van der Waals surface area contributed by atoms with Crippen LogP contribution in [0.4, 0.5) is 0 Å². The number of hydrogen-bond acceptors (Lipinski definition) is 3. The lowest BCUT2D eigenvalue weighted by molar-refractivity contribution is 0.0934. The first kappa shape index (κ1) is 11.8. The topological polar surface area (TPSA) is 55.4 Å². The van der Waals surface area contributed by atoms with Crippen molar-refractivity contribution in [3.05, 3.63) is 46.8 Å². The number of amides is 1. The van der Waals surface area contributed by atoms with E-state index in [9.17, 15) is 4.79 Å². The van der Waals surface area contributed by atoms with Gasteiger partial charge in [0, 0.05) is 0 Å². The molecule has 0 fully saturated rings. The summed E-state index contributed by atoms with van der Waals surface area (Å²) in [5.41, 5.74) is 0.321. The molecule has 0 aliphatic rings. The first-order valence-corrected chi connectivity index (χ1v) is 5.56. The van der Waals surface area contributed by atoms with Crippen LogP contribution in [0.15, 0.2) is 33.3 Å². The summed E-state index contributed by atoms with van der Waals surface area (Å²) in [6, 6.07) is 4.99. The van der Waals surface area contributed by atoms with Crippen LogP contribution in [0.2, 0.25) is 5.22 Å². The Labute approximate surface area is 104 Å². The Balaban J connectivity index is 2.07. The van der Waals surface area contributed by atoms with E-state index in [2.05, 4.69) is 5.32 Å². The van der Waals surface area contributed by atoms with Crippen LogP contribution in [0, 0.1) is 6.92 Å². The van der Waals surface area contributed by atoms with E-state index in [0.717, 1.165) is 5.76 Å². The minimum absolute atomic E-state index is 0.0883. The highest BCUT2D eigenvalue weighted by atomic mass is 35.5. The van der Waals surface area contributed by atoms with Gasteiger partial charge in [0.2, 0.25) is 5.22 Å². The summed E-state index contributed by atoms with van der Waals surface area (Å²) in [4.78, 5) is 11.8. The van der Waals surface area contributed by atoms with Crippen molar-refractivity contribution in [3.63, 3.8) is 0 Å². The van der Waals surface area contributed by atoms with Crippen LogP contribution in [0.3, 0.4) is 0 Å². The smallest absolute Gasteiger partial charge is 0.256 e. The van der Waals surface area contributed by atoms with E-state index in [4.69, 9.17) is 20.4 Å². The fraction of sp³-hybridized carbons (Fsp3) is 0.250. The minimum atomic E-state index is -0.287. The Hall–Kier alpha value is -1.68. The van der Waals surface area contributed by atoms with Gasteiger partial charge in [0.1, 0.15) is 11.5 Å². The molecule has 0 saturated heterocycles. The Bertz CT molecular complexity index is 529. The average Bonchev–Trinajstić information content (AvgIpc) is 2.86. The Morgan fingerprint density at radius 1 is 1.41 bits per heavy atom. The quantitative estimate of drug-likeness (QED) is 0.913. The standard InChI is InChI=1S/C12H12ClNO3/c1-7-3-4-10(17-7)8(2)14-12(15)9-5-6-16-11(9)13/h3-6,8H,1-2H3,(H,14,15). The van der Waals surface area contributed by atoms with E-state index < -0.39 is 0 Å². The molecule has 0 aliphatic carbocycles. The molecular weight excluding hydrogens is 242 g/mol. The van der Waals surface area contributed by atoms with Crippen molar-refractivity contribution < 1.29 is 13.6 Å². The normalized spacial score (nSPS) is 12.4. The lowest BCUT2D eigenvalue weighted by Crippen LogP contribution is -2.26. The maximum atomic E-state index is 11.8. The highest BCUT2D eigenvalue weighted by Crippen LogP contribution is 2.19. The van der Waals surface area contributed by atoms with Gasteiger partial charge in [-0.3, -0.25) is 4.79 Å². The maximum absolute atomic E-state index is 11.8. The van der Waals surface area contributed by atoms with Crippen LogP contribution in [0.25, 0.3) is 0 Å². The zero-order chi connectivity index (χ0) is 12.4. The second kappa shape index (κ2) is 4.67. The summed E-state index contributed by atoms with van der Waals surface area (Å²) < 4.78 is 10.3. The molecule has 5 heteroatoms. The van der Waals surface area contributed by atoms with E-state index in [-0.39, 0.29) is 17.2 Å². The molecule has 0 saturated carbocycles. The van der Waals surface area contributed by atoms with E-state index in [1.165, 1.54) is 12.3 Å². The Morgan fingerprint density at radius 3 is 2.71 bits per heavy atom. The summed E-state index contributed by atoms with van der Waals surface area (Å²) in [7, 11) is 0. The van der Waals surface area contributed by atoms with Gasteiger partial charge >= 0.3 is 0 Å². The second-order valence-corrected chi connectivity index (χ2v) is 4.09. The van der Waals surface area contributed by atoms with Crippen molar-refractivity contribution in [2.75, 3.05) is 0 Å². The molecule has 2 heterocycles. The third kappa shape index (κ3) is 2.53. The summed E-state index contributed by atoms with van der Waals surface area (Å²) in [6.07, 6.45) is 1.37. The highest BCUT2D eigenvalue weighted by Gasteiger charge is 2.17. The van der Waals surface area contributed by atoms with E-state index in [0.29, 0.717) is 11.3 Å². The molecule has 2 rings (SSSR count). The Kier molecular flexibility index (Phi) is 3.24. The molecule has 0 aliphatic heterocycles. The Morgan fingerprint density at radius 2 is 2.18 bits per heavy atom. The molecule has 17 heavy (non-hydrogen) atoms. The zero-order valence-electron chi connectivity index (χ0n) is 9.49. The van der Waals surface area contributed by atoms with Crippen molar-refractivity contribution in [1.29, 1.82) is 0 Å². The molecule has 0 aromatic carbocycles. The molecule has 4 nitrogen and oxygen atoms in total. The fourth-order valence-corrected chi connectivity index (χ4v) is 1.69. The molecule has 90 valence electrons. The molecule has 2 aromatic rings. The predicted molar refractivity (Wildman–Crippen MR) is 63.0 cm³/mol. The molecule has 1 amide bonds. The maximum Gasteiger partial charge on any atom is 0.256 e. The van der Waals surface area contributed by atoms with Crippen LogP contribution in [-0.2, 0) is 0 Å². The minimum Gasteiger partial charge on any atom is -0.464 e. The van der Waals surface area contributed by atoms with Gasteiger partial charge in [0.15, 0.2) is 0 Å². The molecular formula is C12H12ClNO3. The number of furan rings is 2. The van der Waals surface area contributed by atoms with Gasteiger partial charge in [-0.2, -0.15) is 0 Å². The summed E-state index contributed by atoms with van der Waals surface area (Å²) in [6.45, 7) is 3.69. The zero-order valence-corrected chi connectivity index (χ0v) is 10.2. The van der Waals surface area contributed by atoms with Crippen LogP contribution < -0.4 is 5.32 Å². The largest absolute Gasteiger partial charge is 0.464 e. The lowest BCUT2D eigenvalue weighted by atomic mass is 10.2. The SMILES string of the molecule is Cc1ccc(C(C)NC(=O)c2ccoc2Cl)o1. The molecule has 1 unspecified atom stereocenters. The lowest BCUT2D eigenvalue weighted by Gasteiger charge is -2.10. The number of rotatable bonds is 3. The van der Waals surface area contributed by atoms with Gasteiger partial charge in [0.25, 0.3) is 5.91 Å².